The highest BCUT2D eigenvalue weighted by atomic mass is 35.5. The molecule has 7 nitrogen and oxygen atoms in total. The van der Waals surface area contributed by atoms with Crippen LogP contribution >= 0.6 is 11.6 Å². The van der Waals surface area contributed by atoms with Gasteiger partial charge in [-0.25, -0.2) is 0 Å². The van der Waals surface area contributed by atoms with Crippen molar-refractivity contribution in [3.05, 3.63) is 52.5 Å². The van der Waals surface area contributed by atoms with Crippen LogP contribution in [0.4, 0.5) is 11.4 Å². The molecule has 1 atom stereocenters. The van der Waals surface area contributed by atoms with Gasteiger partial charge in [0, 0.05) is 53.7 Å². The number of amides is 1. The Balaban J connectivity index is 1.33. The summed E-state index contributed by atoms with van der Waals surface area (Å²) in [5.74, 6) is 0.145. The van der Waals surface area contributed by atoms with E-state index < -0.39 is 0 Å². The minimum Gasteiger partial charge on any atom is -0.426 e. The number of ether oxygens (including phenoxy) is 1. The Hall–Kier alpha value is -2.61. The van der Waals surface area contributed by atoms with E-state index in [1.54, 1.807) is 12.1 Å². The van der Waals surface area contributed by atoms with Crippen molar-refractivity contribution in [1.29, 1.82) is 0 Å². The summed E-state index contributed by atoms with van der Waals surface area (Å²) in [6.07, 6.45) is 0.277. The van der Waals surface area contributed by atoms with Gasteiger partial charge >= 0.3 is 5.97 Å². The number of nitrogens with one attached hydrogen (secondary N) is 1. The third-order valence-corrected chi connectivity index (χ3v) is 5.89. The summed E-state index contributed by atoms with van der Waals surface area (Å²) in [4.78, 5) is 28.3. The quantitative estimate of drug-likeness (QED) is 0.561. The number of benzene rings is 2. The van der Waals surface area contributed by atoms with Crippen LogP contribution in [0.5, 0.6) is 5.75 Å². The van der Waals surface area contributed by atoms with E-state index in [9.17, 15) is 14.7 Å². The number of piperazine rings is 1. The number of aliphatic hydroxyl groups excluding tert-OH is 1. The summed E-state index contributed by atoms with van der Waals surface area (Å²) >= 11 is 6.10. The molecule has 2 N–H and O–H groups in total. The van der Waals surface area contributed by atoms with Gasteiger partial charge in [0.25, 0.3) is 0 Å². The number of carbonyl (C=O) groups is 2. The molecule has 1 saturated heterocycles. The fraction of sp³-hybridized carbons (Fsp3) is 0.364. The third-order valence-electron chi connectivity index (χ3n) is 5.52. The van der Waals surface area contributed by atoms with E-state index in [0.717, 1.165) is 30.9 Å². The van der Waals surface area contributed by atoms with Crippen LogP contribution in [0.3, 0.4) is 0 Å². The smallest absolute Gasteiger partial charge is 0.315 e. The molecule has 0 radical (unpaired) electrons. The van der Waals surface area contributed by atoms with Gasteiger partial charge in [-0.3, -0.25) is 14.5 Å². The molecule has 8 heteroatoms. The largest absolute Gasteiger partial charge is 0.426 e. The van der Waals surface area contributed by atoms with Gasteiger partial charge in [-0.1, -0.05) is 17.7 Å². The standard InChI is InChI=1S/C22H24ClN3O4/c1-14-11-25(6-7-26(14)18-4-5-19(23)16(8-18)13-27)12-21(28)24-17-3-2-15-9-22(29)30-20(15)10-17/h2-5,8,10,14,27H,6-7,9,11-13H2,1H3,(H,24,28)/t14-/m1/s1. The zero-order valence-corrected chi connectivity index (χ0v) is 17.5. The molecular weight excluding hydrogens is 406 g/mol. The molecule has 2 aliphatic heterocycles. The number of hydrogen-bond donors (Lipinski definition) is 2. The number of carbonyl (C=O) groups excluding carboxylic acids is 2. The SMILES string of the molecule is C[C@@H]1CN(CC(=O)Nc2ccc3c(c2)OC(=O)C3)CCN1c1ccc(Cl)c(CO)c1. The molecule has 2 aliphatic rings. The Bertz CT molecular complexity index is 981. The highest BCUT2D eigenvalue weighted by Gasteiger charge is 2.26. The molecule has 1 fully saturated rings. The van der Waals surface area contributed by atoms with Crippen LogP contribution in [0.1, 0.15) is 18.1 Å². The van der Waals surface area contributed by atoms with Crippen LogP contribution in [0, 0.1) is 0 Å². The highest BCUT2D eigenvalue weighted by molar-refractivity contribution is 6.31. The van der Waals surface area contributed by atoms with Gasteiger partial charge in [-0.05, 0) is 36.8 Å². The second-order valence-electron chi connectivity index (χ2n) is 7.73. The number of hydrogen-bond acceptors (Lipinski definition) is 6. The molecule has 4 rings (SSSR count). The third kappa shape index (κ3) is 4.43. The first kappa shape index (κ1) is 20.7. The van der Waals surface area contributed by atoms with Gasteiger partial charge in [0.1, 0.15) is 5.75 Å². The summed E-state index contributed by atoms with van der Waals surface area (Å²) in [7, 11) is 0. The fourth-order valence-electron chi connectivity index (χ4n) is 4.01. The maximum Gasteiger partial charge on any atom is 0.315 e. The molecule has 0 unspecified atom stereocenters. The first-order chi connectivity index (χ1) is 14.4. The molecule has 2 aromatic rings. The monoisotopic (exact) mass is 429 g/mol. The van der Waals surface area contributed by atoms with E-state index in [-0.39, 0.29) is 37.5 Å². The van der Waals surface area contributed by atoms with Gasteiger partial charge in [0.15, 0.2) is 0 Å². The van der Waals surface area contributed by atoms with Gasteiger partial charge in [0.2, 0.25) is 5.91 Å². The number of fused-ring (bicyclic) bond motifs is 1. The van der Waals surface area contributed by atoms with E-state index in [1.807, 2.05) is 24.3 Å². The van der Waals surface area contributed by atoms with E-state index >= 15 is 0 Å². The van der Waals surface area contributed by atoms with Crippen LogP contribution in [0.15, 0.2) is 36.4 Å². The summed E-state index contributed by atoms with van der Waals surface area (Å²) in [5, 5.41) is 12.9. The summed E-state index contributed by atoms with van der Waals surface area (Å²) in [5.41, 5.74) is 3.20. The van der Waals surface area contributed by atoms with Crippen LogP contribution < -0.4 is 15.0 Å². The average Bonchev–Trinajstić information content (AvgIpc) is 3.08. The number of esters is 1. The second-order valence-corrected chi connectivity index (χ2v) is 8.14. The Morgan fingerprint density at radius 1 is 1.27 bits per heavy atom. The van der Waals surface area contributed by atoms with Gasteiger partial charge in [0.05, 0.1) is 19.6 Å². The molecule has 2 aromatic carbocycles. The Morgan fingerprint density at radius 3 is 2.87 bits per heavy atom. The molecule has 0 spiro atoms. The van der Waals surface area contributed by atoms with E-state index in [4.69, 9.17) is 16.3 Å². The van der Waals surface area contributed by atoms with Crippen molar-refractivity contribution >= 4 is 34.9 Å². The number of halogens is 1. The number of nitrogens with zero attached hydrogens (tertiary/aromatic N) is 2. The minimum absolute atomic E-state index is 0.0942. The molecule has 158 valence electrons. The van der Waals surface area contributed by atoms with Gasteiger partial charge < -0.3 is 20.1 Å². The molecule has 0 aliphatic carbocycles. The molecule has 0 saturated carbocycles. The predicted molar refractivity (Wildman–Crippen MR) is 115 cm³/mol. The van der Waals surface area contributed by atoms with Crippen molar-refractivity contribution < 1.29 is 19.4 Å². The molecule has 30 heavy (non-hydrogen) atoms. The van der Waals surface area contributed by atoms with Crippen molar-refractivity contribution in [1.82, 2.24) is 4.90 Å². The summed E-state index contributed by atoms with van der Waals surface area (Å²) in [6, 6.07) is 11.2. The number of anilines is 2. The topological polar surface area (TPSA) is 82.1 Å². The molecule has 0 bridgehead atoms. The van der Waals surface area contributed by atoms with Crippen LogP contribution in [0.2, 0.25) is 5.02 Å². The van der Waals surface area contributed by atoms with E-state index in [0.29, 0.717) is 22.0 Å². The lowest BCUT2D eigenvalue weighted by atomic mass is 10.1. The molecule has 2 heterocycles. The molecular formula is C22H24ClN3O4. The normalized spacial score (nSPS) is 18.8. The first-order valence-corrected chi connectivity index (χ1v) is 10.3. The zero-order valence-electron chi connectivity index (χ0n) is 16.7. The Labute approximate surface area is 180 Å². The highest BCUT2D eigenvalue weighted by Crippen LogP contribution is 2.29. The maximum absolute atomic E-state index is 12.5. The summed E-state index contributed by atoms with van der Waals surface area (Å²) < 4.78 is 5.14. The van der Waals surface area contributed by atoms with Gasteiger partial charge in [-0.2, -0.15) is 0 Å². The second kappa shape index (κ2) is 8.63. The number of aliphatic hydroxyl groups is 1. The lowest BCUT2D eigenvalue weighted by Crippen LogP contribution is -2.53. The Kier molecular flexibility index (Phi) is 5.94. The van der Waals surface area contributed by atoms with Crippen molar-refractivity contribution in [3.63, 3.8) is 0 Å². The van der Waals surface area contributed by atoms with Crippen molar-refractivity contribution in [2.45, 2.75) is 26.0 Å². The van der Waals surface area contributed by atoms with Crippen LogP contribution in [-0.4, -0.2) is 54.1 Å². The Morgan fingerprint density at radius 2 is 2.10 bits per heavy atom. The van der Waals surface area contributed by atoms with Crippen LogP contribution in [-0.2, 0) is 22.6 Å². The van der Waals surface area contributed by atoms with E-state index in [2.05, 4.69) is 22.0 Å². The zero-order chi connectivity index (χ0) is 21.3. The lowest BCUT2D eigenvalue weighted by molar-refractivity contribution is -0.131. The van der Waals surface area contributed by atoms with Crippen molar-refractivity contribution in [3.8, 4) is 5.75 Å². The minimum atomic E-state index is -0.271. The fourth-order valence-corrected chi connectivity index (χ4v) is 4.19. The number of rotatable bonds is 5. The van der Waals surface area contributed by atoms with Crippen molar-refractivity contribution in [2.75, 3.05) is 36.4 Å². The first-order valence-electron chi connectivity index (χ1n) is 9.94. The van der Waals surface area contributed by atoms with Crippen molar-refractivity contribution in [2.24, 2.45) is 0 Å². The summed E-state index contributed by atoms with van der Waals surface area (Å²) in [6.45, 7) is 4.57. The van der Waals surface area contributed by atoms with Gasteiger partial charge in [-0.15, -0.1) is 0 Å². The predicted octanol–water partition coefficient (Wildman–Crippen LogP) is 2.44. The average molecular weight is 430 g/mol. The maximum atomic E-state index is 12.5. The molecule has 1 amide bonds. The van der Waals surface area contributed by atoms with Crippen LogP contribution in [0.25, 0.3) is 0 Å². The molecule has 0 aromatic heterocycles. The van der Waals surface area contributed by atoms with E-state index in [1.165, 1.54) is 0 Å². The lowest BCUT2D eigenvalue weighted by Gasteiger charge is -2.41.